The Kier molecular flexibility index (Phi) is 7.92. The van der Waals surface area contributed by atoms with Gasteiger partial charge in [0, 0.05) is 19.0 Å². The highest BCUT2D eigenvalue weighted by Crippen LogP contribution is 2.42. The molecule has 0 saturated heterocycles. The van der Waals surface area contributed by atoms with Gasteiger partial charge < -0.3 is 14.3 Å². The molecule has 160 valence electrons. The molecule has 1 aromatic heterocycles. The lowest BCUT2D eigenvalue weighted by molar-refractivity contribution is -0.386. The van der Waals surface area contributed by atoms with Crippen LogP contribution < -0.4 is 0 Å². The average Bonchev–Trinajstić information content (AvgIpc) is 2.71. The van der Waals surface area contributed by atoms with Crippen LogP contribution in [0, 0.1) is 10.1 Å². The predicted octanol–water partition coefficient (Wildman–Crippen LogP) is 4.98. The number of carboxylic acid groups (broad SMARTS) is 1. The molecule has 8 nitrogen and oxygen atoms in total. The fraction of sp³-hybridized carbons (Fsp3) is 0.600. The first-order valence-electron chi connectivity index (χ1n) is 10.1. The van der Waals surface area contributed by atoms with Gasteiger partial charge in [0.05, 0.1) is 28.5 Å². The minimum Gasteiger partial charge on any atom is -0.546 e. The van der Waals surface area contributed by atoms with Crippen molar-refractivity contribution in [2.45, 2.75) is 77.3 Å². The van der Waals surface area contributed by atoms with E-state index in [1.54, 1.807) is 6.07 Å². The lowest BCUT2D eigenvalue weighted by Gasteiger charge is -2.38. The van der Waals surface area contributed by atoms with Crippen molar-refractivity contribution in [1.29, 1.82) is 0 Å². The second-order valence-corrected chi connectivity index (χ2v) is 12.0. The summed E-state index contributed by atoms with van der Waals surface area (Å²) in [6, 6.07) is 4.46. The van der Waals surface area contributed by atoms with Crippen LogP contribution in [0.25, 0.3) is 0 Å². The molecule has 2 atom stereocenters. The normalized spacial score (nSPS) is 19.9. The number of aliphatic carboxylic acids is 1. The number of hydrogen-bond acceptors (Lipinski definition) is 6. The molecule has 0 bridgehead atoms. The maximum absolute atomic E-state index is 11.4. The zero-order valence-corrected chi connectivity index (χ0v) is 18.5. The maximum atomic E-state index is 11.4. The van der Waals surface area contributed by atoms with E-state index in [0.717, 1.165) is 29.5 Å². The summed E-state index contributed by atoms with van der Waals surface area (Å²) in [4.78, 5) is 26.0. The Bertz CT molecular complexity index is 770. The Hall–Kier alpha value is -2.26. The standard InChI is InChI=1S/C20H30N2O6Si/c1-5-29(6-2,7-3)28-19-12-18(16-10-11-21-13-17(16)22(25)26)27-14(4)15(19)8-9-20(23)24/h10-11,13-14,18H,5-9,12H2,1-4H3,(H,23,24)/t14-,18-/m1/s1. The van der Waals surface area contributed by atoms with Crippen molar-refractivity contribution in [2.24, 2.45) is 0 Å². The molecule has 0 amide bonds. The molecule has 0 radical (unpaired) electrons. The average molecular weight is 423 g/mol. The number of rotatable bonds is 10. The minimum atomic E-state index is -2.01. The number of hydrogen-bond donors (Lipinski definition) is 1. The smallest absolute Gasteiger partial charge is 0.303 e. The molecular formula is C20H30N2O6Si. The molecule has 0 fully saturated rings. The van der Waals surface area contributed by atoms with Gasteiger partial charge in [0.25, 0.3) is 5.69 Å². The van der Waals surface area contributed by atoms with Crippen LogP contribution in [-0.4, -0.2) is 35.4 Å². The monoisotopic (exact) mass is 422 g/mol. The number of pyridine rings is 1. The molecule has 0 spiro atoms. The largest absolute Gasteiger partial charge is 0.546 e. The fourth-order valence-corrected chi connectivity index (χ4v) is 6.50. The van der Waals surface area contributed by atoms with Crippen molar-refractivity contribution >= 4 is 20.0 Å². The van der Waals surface area contributed by atoms with Gasteiger partial charge in [-0.1, -0.05) is 20.8 Å². The molecule has 0 unspecified atom stereocenters. The molecule has 9 heteroatoms. The van der Waals surface area contributed by atoms with Crippen molar-refractivity contribution in [1.82, 2.24) is 4.98 Å². The van der Waals surface area contributed by atoms with Crippen LogP contribution in [0.5, 0.6) is 0 Å². The Morgan fingerprint density at radius 1 is 1.38 bits per heavy atom. The van der Waals surface area contributed by atoms with Crippen molar-refractivity contribution in [3.63, 3.8) is 0 Å². The van der Waals surface area contributed by atoms with Crippen molar-refractivity contribution in [3.05, 3.63) is 45.5 Å². The number of aromatic nitrogens is 1. The Labute approximate surface area is 172 Å². The Balaban J connectivity index is 2.45. The van der Waals surface area contributed by atoms with Gasteiger partial charge >= 0.3 is 5.97 Å². The highest BCUT2D eigenvalue weighted by Gasteiger charge is 2.38. The number of nitro groups is 1. The second kappa shape index (κ2) is 9.97. The van der Waals surface area contributed by atoms with Crippen LogP contribution >= 0.6 is 0 Å². The zero-order valence-electron chi connectivity index (χ0n) is 17.5. The molecule has 2 rings (SSSR count). The molecule has 0 saturated carbocycles. The summed E-state index contributed by atoms with van der Waals surface area (Å²) in [7, 11) is -2.01. The van der Waals surface area contributed by atoms with Gasteiger partial charge in [-0.3, -0.25) is 19.9 Å². The highest BCUT2D eigenvalue weighted by atomic mass is 28.4. The predicted molar refractivity (Wildman–Crippen MR) is 111 cm³/mol. The van der Waals surface area contributed by atoms with Crippen LogP contribution in [0.3, 0.4) is 0 Å². The van der Waals surface area contributed by atoms with E-state index in [0.29, 0.717) is 18.4 Å². The van der Waals surface area contributed by atoms with Gasteiger partial charge in [-0.25, -0.2) is 0 Å². The second-order valence-electron chi connectivity index (χ2n) is 7.35. The van der Waals surface area contributed by atoms with E-state index in [9.17, 15) is 14.9 Å². The summed E-state index contributed by atoms with van der Waals surface area (Å²) in [5, 5.41) is 20.6. The Morgan fingerprint density at radius 2 is 2.03 bits per heavy atom. The summed E-state index contributed by atoms with van der Waals surface area (Å²) in [6.45, 7) is 8.24. The van der Waals surface area contributed by atoms with Gasteiger partial charge in [0.1, 0.15) is 6.20 Å². The first-order valence-corrected chi connectivity index (χ1v) is 12.7. The van der Waals surface area contributed by atoms with Gasteiger partial charge in [0.15, 0.2) is 0 Å². The molecule has 0 aromatic carbocycles. The summed E-state index contributed by atoms with van der Waals surface area (Å²) >= 11 is 0. The van der Waals surface area contributed by atoms with E-state index in [2.05, 4.69) is 25.8 Å². The third kappa shape index (κ3) is 5.42. The van der Waals surface area contributed by atoms with E-state index in [1.807, 2.05) is 6.92 Å². The molecule has 2 heterocycles. The molecule has 1 aliphatic heterocycles. The molecular weight excluding hydrogens is 392 g/mol. The quantitative estimate of drug-likeness (QED) is 0.321. The van der Waals surface area contributed by atoms with Crippen molar-refractivity contribution in [3.8, 4) is 0 Å². The van der Waals surface area contributed by atoms with Crippen LogP contribution in [0.2, 0.25) is 18.1 Å². The minimum absolute atomic E-state index is 0.00506. The van der Waals surface area contributed by atoms with Gasteiger partial charge in [-0.15, -0.1) is 0 Å². The van der Waals surface area contributed by atoms with E-state index in [1.165, 1.54) is 12.4 Å². The zero-order chi connectivity index (χ0) is 21.6. The van der Waals surface area contributed by atoms with E-state index in [-0.39, 0.29) is 18.2 Å². The van der Waals surface area contributed by atoms with E-state index >= 15 is 0 Å². The number of carbonyl (C=O) groups is 1. The summed E-state index contributed by atoms with van der Waals surface area (Å²) in [5.41, 5.74) is 1.24. The third-order valence-corrected chi connectivity index (χ3v) is 10.4. The number of carboxylic acids is 1. The van der Waals surface area contributed by atoms with E-state index in [4.69, 9.17) is 14.3 Å². The SMILES string of the molecule is CC[Si](CC)(CC)OC1=C(CCC(=O)O)[C@@H](C)O[C@@H](c2ccncc2[N+](=O)[O-])C1. The van der Waals surface area contributed by atoms with Crippen LogP contribution in [0.4, 0.5) is 5.69 Å². The topological polar surface area (TPSA) is 112 Å². The van der Waals surface area contributed by atoms with E-state index < -0.39 is 25.3 Å². The molecule has 29 heavy (non-hydrogen) atoms. The van der Waals surface area contributed by atoms with Crippen LogP contribution in [0.1, 0.15) is 58.6 Å². The summed E-state index contributed by atoms with van der Waals surface area (Å²) in [6.07, 6.45) is 2.54. The highest BCUT2D eigenvalue weighted by molar-refractivity contribution is 6.73. The first-order chi connectivity index (χ1) is 13.8. The number of nitrogens with zero attached hydrogens (tertiary/aromatic N) is 2. The van der Waals surface area contributed by atoms with Crippen molar-refractivity contribution < 1.29 is 24.0 Å². The summed E-state index contributed by atoms with van der Waals surface area (Å²) in [5.74, 6) is -0.112. The Morgan fingerprint density at radius 3 is 2.59 bits per heavy atom. The van der Waals surface area contributed by atoms with Gasteiger partial charge in [-0.2, -0.15) is 0 Å². The number of ether oxygens (including phenoxy) is 1. The maximum Gasteiger partial charge on any atom is 0.303 e. The van der Waals surface area contributed by atoms with Crippen molar-refractivity contribution in [2.75, 3.05) is 0 Å². The van der Waals surface area contributed by atoms with Crippen LogP contribution in [0.15, 0.2) is 29.8 Å². The molecule has 0 aliphatic carbocycles. The molecule has 1 N–H and O–H groups in total. The van der Waals surface area contributed by atoms with Gasteiger partial charge in [-0.05, 0) is 43.1 Å². The van der Waals surface area contributed by atoms with Gasteiger partial charge in [0.2, 0.25) is 8.32 Å². The first kappa shape index (κ1) is 23.0. The summed E-state index contributed by atoms with van der Waals surface area (Å²) < 4.78 is 12.8. The lowest BCUT2D eigenvalue weighted by atomic mass is 9.94. The lowest BCUT2D eigenvalue weighted by Crippen LogP contribution is -2.38. The van der Waals surface area contributed by atoms with Crippen LogP contribution in [-0.2, 0) is 14.0 Å². The fourth-order valence-electron chi connectivity index (χ4n) is 3.83. The molecule has 1 aliphatic rings. The third-order valence-electron chi connectivity index (χ3n) is 5.85. The molecule has 1 aromatic rings.